The third-order valence-corrected chi connectivity index (χ3v) is 6.02. The molecule has 1 fully saturated rings. The molecule has 0 bridgehead atoms. The van der Waals surface area contributed by atoms with Crippen molar-refractivity contribution < 1.29 is 4.79 Å². The van der Waals surface area contributed by atoms with Crippen molar-refractivity contribution in [2.24, 2.45) is 0 Å². The number of aromatic amines is 1. The van der Waals surface area contributed by atoms with Gasteiger partial charge in [-0.3, -0.25) is 4.57 Å². The number of amides is 2. The number of halogens is 3. The Hall–Kier alpha value is -2.15. The third-order valence-electron chi connectivity index (χ3n) is 4.98. The lowest BCUT2D eigenvalue weighted by Crippen LogP contribution is -2.42. The number of hydrogen-bond donors (Lipinski definition) is 2. The number of nitrogens with one attached hydrogen (secondary N) is 2. The van der Waals surface area contributed by atoms with Gasteiger partial charge in [0.1, 0.15) is 0 Å². The van der Waals surface area contributed by atoms with Crippen molar-refractivity contribution in [1.29, 1.82) is 0 Å². The Morgan fingerprint density at radius 1 is 1.04 bits per heavy atom. The summed E-state index contributed by atoms with van der Waals surface area (Å²) in [7, 11) is 0. The second-order valence-corrected chi connectivity index (χ2v) is 7.94. The average Bonchev–Trinajstić information content (AvgIpc) is 3.02. The summed E-state index contributed by atoms with van der Waals surface area (Å²) >= 11 is 18.2. The first kappa shape index (κ1) is 19.2. The van der Waals surface area contributed by atoms with Crippen LogP contribution in [0, 0.1) is 0 Å². The number of likely N-dealkylation sites (tertiary alicyclic amines) is 1. The van der Waals surface area contributed by atoms with Crippen molar-refractivity contribution in [1.82, 2.24) is 14.5 Å². The highest BCUT2D eigenvalue weighted by atomic mass is 35.5. The SMILES string of the molecule is O=C(Nc1ccc(Cl)c(Cl)c1)N1CCC(n2c(=O)[nH]c3cccc(Cl)c32)CC1. The standard InChI is InChI=1S/C19H17Cl3N4O2/c20-13-5-4-11(10-15(13)22)23-18(27)25-8-6-12(7-9-25)26-17-14(21)2-1-3-16(17)24-19(26)28/h1-5,10,12H,6-9H2,(H,23,27)(H,24,28). The van der Waals surface area contributed by atoms with E-state index in [1.807, 2.05) is 6.07 Å². The fourth-order valence-corrected chi connectivity index (χ4v) is 4.15. The Balaban J connectivity index is 1.46. The quantitative estimate of drug-likeness (QED) is 0.579. The molecular weight excluding hydrogens is 423 g/mol. The molecular formula is C19H17Cl3N4O2. The normalized spacial score (nSPS) is 15.2. The van der Waals surface area contributed by atoms with Gasteiger partial charge in [0.2, 0.25) is 0 Å². The number of anilines is 1. The molecule has 1 aromatic heterocycles. The molecule has 1 aliphatic rings. The predicted molar refractivity (Wildman–Crippen MR) is 113 cm³/mol. The van der Waals surface area contributed by atoms with Crippen molar-refractivity contribution in [3.05, 3.63) is 62.0 Å². The topological polar surface area (TPSA) is 70.1 Å². The van der Waals surface area contributed by atoms with E-state index in [4.69, 9.17) is 34.8 Å². The van der Waals surface area contributed by atoms with Crippen LogP contribution in [-0.2, 0) is 0 Å². The molecule has 0 spiro atoms. The van der Waals surface area contributed by atoms with Gasteiger partial charge in [0.05, 0.1) is 26.1 Å². The minimum atomic E-state index is -0.207. The summed E-state index contributed by atoms with van der Waals surface area (Å²) in [4.78, 5) is 29.5. The summed E-state index contributed by atoms with van der Waals surface area (Å²) in [6, 6.07) is 10.1. The molecule has 9 heteroatoms. The van der Waals surface area contributed by atoms with E-state index in [-0.39, 0.29) is 17.8 Å². The molecule has 3 aromatic rings. The molecule has 146 valence electrons. The van der Waals surface area contributed by atoms with E-state index < -0.39 is 0 Å². The van der Waals surface area contributed by atoms with Crippen LogP contribution in [0.3, 0.4) is 0 Å². The van der Waals surface area contributed by atoms with Gasteiger partial charge < -0.3 is 15.2 Å². The zero-order chi connectivity index (χ0) is 19.8. The van der Waals surface area contributed by atoms with E-state index in [1.165, 1.54) is 0 Å². The minimum absolute atomic E-state index is 0.0184. The first-order valence-corrected chi connectivity index (χ1v) is 9.97. The van der Waals surface area contributed by atoms with Crippen molar-refractivity contribution >= 4 is 57.6 Å². The van der Waals surface area contributed by atoms with Crippen molar-refractivity contribution in [3.8, 4) is 0 Å². The Morgan fingerprint density at radius 2 is 1.79 bits per heavy atom. The summed E-state index contributed by atoms with van der Waals surface area (Å²) in [6.45, 7) is 1.06. The number of carbonyl (C=O) groups is 1. The molecule has 1 saturated heterocycles. The molecule has 0 atom stereocenters. The molecule has 0 radical (unpaired) electrons. The number of fused-ring (bicyclic) bond motifs is 1. The first-order valence-electron chi connectivity index (χ1n) is 8.84. The summed E-state index contributed by atoms with van der Waals surface area (Å²) in [5.41, 5.74) is 1.84. The number of H-pyrrole nitrogens is 1. The van der Waals surface area contributed by atoms with E-state index in [1.54, 1.807) is 39.8 Å². The van der Waals surface area contributed by atoms with Crippen LogP contribution in [0.4, 0.5) is 10.5 Å². The Kier molecular flexibility index (Phi) is 5.27. The van der Waals surface area contributed by atoms with Crippen LogP contribution in [0.25, 0.3) is 11.0 Å². The molecule has 2 aromatic carbocycles. The summed E-state index contributed by atoms with van der Waals surface area (Å²) in [5, 5.41) is 4.18. The number of carbonyl (C=O) groups excluding carboxylic acids is 1. The van der Waals surface area contributed by atoms with Crippen LogP contribution in [0.15, 0.2) is 41.2 Å². The number of imidazole rings is 1. The van der Waals surface area contributed by atoms with E-state index in [2.05, 4.69) is 10.3 Å². The van der Waals surface area contributed by atoms with Crippen LogP contribution in [0.1, 0.15) is 18.9 Å². The van der Waals surface area contributed by atoms with Crippen molar-refractivity contribution in [2.45, 2.75) is 18.9 Å². The number of para-hydroxylation sites is 1. The monoisotopic (exact) mass is 438 g/mol. The van der Waals surface area contributed by atoms with E-state index >= 15 is 0 Å². The zero-order valence-corrected chi connectivity index (χ0v) is 17.0. The van der Waals surface area contributed by atoms with Crippen LogP contribution in [0.5, 0.6) is 0 Å². The van der Waals surface area contributed by atoms with Gasteiger partial charge in [0, 0.05) is 24.8 Å². The van der Waals surface area contributed by atoms with Gasteiger partial charge in [-0.15, -0.1) is 0 Å². The molecule has 0 saturated carbocycles. The lowest BCUT2D eigenvalue weighted by molar-refractivity contribution is 0.184. The average molecular weight is 440 g/mol. The number of piperidine rings is 1. The highest BCUT2D eigenvalue weighted by Gasteiger charge is 2.26. The number of hydrogen-bond acceptors (Lipinski definition) is 2. The fourth-order valence-electron chi connectivity index (χ4n) is 3.59. The van der Waals surface area contributed by atoms with Gasteiger partial charge >= 0.3 is 11.7 Å². The van der Waals surface area contributed by atoms with Crippen LogP contribution >= 0.6 is 34.8 Å². The number of nitrogens with zero attached hydrogens (tertiary/aromatic N) is 2. The van der Waals surface area contributed by atoms with Gasteiger partial charge in [0.25, 0.3) is 0 Å². The molecule has 2 N–H and O–H groups in total. The lowest BCUT2D eigenvalue weighted by Gasteiger charge is -2.32. The third kappa shape index (κ3) is 3.60. The second kappa shape index (κ2) is 7.70. The minimum Gasteiger partial charge on any atom is -0.324 e. The molecule has 6 nitrogen and oxygen atoms in total. The van der Waals surface area contributed by atoms with Gasteiger partial charge in [-0.1, -0.05) is 40.9 Å². The largest absolute Gasteiger partial charge is 0.326 e. The molecule has 0 unspecified atom stereocenters. The van der Waals surface area contributed by atoms with E-state index in [0.717, 1.165) is 5.52 Å². The Bertz CT molecular complexity index is 1100. The van der Waals surface area contributed by atoms with Crippen LogP contribution < -0.4 is 11.0 Å². The van der Waals surface area contributed by atoms with Crippen LogP contribution in [-0.4, -0.2) is 33.6 Å². The maximum atomic E-state index is 12.5. The molecule has 2 heterocycles. The Labute approximate surface area is 176 Å². The highest BCUT2D eigenvalue weighted by Crippen LogP contribution is 2.29. The predicted octanol–water partition coefficient (Wildman–Crippen LogP) is 5.16. The van der Waals surface area contributed by atoms with E-state index in [9.17, 15) is 9.59 Å². The maximum Gasteiger partial charge on any atom is 0.326 e. The number of urea groups is 1. The summed E-state index contributed by atoms with van der Waals surface area (Å²) in [6.07, 6.45) is 1.32. The maximum absolute atomic E-state index is 12.5. The molecule has 1 aliphatic heterocycles. The number of benzene rings is 2. The number of aromatic nitrogens is 2. The second-order valence-electron chi connectivity index (χ2n) is 6.71. The fraction of sp³-hybridized carbons (Fsp3) is 0.263. The zero-order valence-electron chi connectivity index (χ0n) is 14.7. The highest BCUT2D eigenvalue weighted by molar-refractivity contribution is 6.42. The van der Waals surface area contributed by atoms with E-state index in [0.29, 0.717) is 52.2 Å². The molecule has 2 amide bonds. The molecule has 28 heavy (non-hydrogen) atoms. The van der Waals surface area contributed by atoms with Crippen molar-refractivity contribution in [3.63, 3.8) is 0 Å². The molecule has 4 rings (SSSR count). The van der Waals surface area contributed by atoms with Crippen molar-refractivity contribution in [2.75, 3.05) is 18.4 Å². The Morgan fingerprint density at radius 3 is 2.50 bits per heavy atom. The van der Waals surface area contributed by atoms with Gasteiger partial charge in [-0.2, -0.15) is 0 Å². The van der Waals surface area contributed by atoms with Gasteiger partial charge in [-0.05, 0) is 43.2 Å². The van der Waals surface area contributed by atoms with Crippen LogP contribution in [0.2, 0.25) is 15.1 Å². The lowest BCUT2D eigenvalue weighted by atomic mass is 10.0. The first-order chi connectivity index (χ1) is 13.4. The number of rotatable bonds is 2. The molecule has 0 aliphatic carbocycles. The summed E-state index contributed by atoms with van der Waals surface area (Å²) < 4.78 is 1.71. The smallest absolute Gasteiger partial charge is 0.324 e. The van der Waals surface area contributed by atoms with Gasteiger partial charge in [0.15, 0.2) is 0 Å². The summed E-state index contributed by atoms with van der Waals surface area (Å²) in [5.74, 6) is 0. The van der Waals surface area contributed by atoms with Gasteiger partial charge in [-0.25, -0.2) is 9.59 Å².